The molecule has 4 amide bonds. The topological polar surface area (TPSA) is 84.3 Å². The van der Waals surface area contributed by atoms with Gasteiger partial charge in [-0.25, -0.2) is 4.79 Å². The number of imide groups is 2. The Labute approximate surface area is 103 Å². The van der Waals surface area contributed by atoms with Gasteiger partial charge in [0.05, 0.1) is 13.1 Å². The van der Waals surface area contributed by atoms with Crippen molar-refractivity contribution in [2.24, 2.45) is 5.41 Å². The largest absolute Gasteiger partial charge is 0.330 e. The van der Waals surface area contributed by atoms with Gasteiger partial charge < -0.3 is 0 Å². The Morgan fingerprint density at radius 3 is 2.67 bits per heavy atom. The smallest absolute Gasteiger partial charge is 0.277 e. The fraction of sp³-hybridized carbons (Fsp3) is 0.455. The van der Waals surface area contributed by atoms with Gasteiger partial charge in [-0.2, -0.15) is 5.10 Å². The molecule has 1 aromatic heterocycles. The summed E-state index contributed by atoms with van der Waals surface area (Å²) in [5, 5.41) is 6.24. The fourth-order valence-electron chi connectivity index (χ4n) is 2.14. The first-order chi connectivity index (χ1) is 8.63. The van der Waals surface area contributed by atoms with Gasteiger partial charge in [0.15, 0.2) is 0 Å². The van der Waals surface area contributed by atoms with E-state index < -0.39 is 17.4 Å². The molecule has 1 N–H and O–H groups in total. The maximum absolute atomic E-state index is 12.1. The molecular formula is C11H12N4O3. The van der Waals surface area contributed by atoms with Crippen molar-refractivity contribution in [1.29, 1.82) is 0 Å². The molecule has 1 saturated carbocycles. The van der Waals surface area contributed by atoms with Gasteiger partial charge in [0.25, 0.3) is 0 Å². The van der Waals surface area contributed by atoms with Gasteiger partial charge in [0.2, 0.25) is 11.8 Å². The Bertz CT molecular complexity index is 518. The summed E-state index contributed by atoms with van der Waals surface area (Å²) in [6, 6.07) is 1.14. The van der Waals surface area contributed by atoms with Crippen molar-refractivity contribution in [2.75, 3.05) is 6.54 Å². The molecule has 7 heteroatoms. The van der Waals surface area contributed by atoms with Gasteiger partial charge in [0, 0.05) is 12.4 Å². The van der Waals surface area contributed by atoms with E-state index in [0.717, 1.165) is 4.90 Å². The maximum atomic E-state index is 12.1. The highest BCUT2D eigenvalue weighted by Crippen LogP contribution is 2.48. The van der Waals surface area contributed by atoms with E-state index in [4.69, 9.17) is 0 Å². The first-order valence-corrected chi connectivity index (χ1v) is 5.78. The Kier molecular flexibility index (Phi) is 2.22. The van der Waals surface area contributed by atoms with Crippen molar-refractivity contribution in [3.8, 4) is 0 Å². The first-order valence-electron chi connectivity index (χ1n) is 5.78. The van der Waals surface area contributed by atoms with Crippen LogP contribution >= 0.6 is 0 Å². The van der Waals surface area contributed by atoms with Crippen LogP contribution in [0.15, 0.2) is 18.5 Å². The second-order valence-corrected chi connectivity index (χ2v) is 4.57. The molecule has 3 rings (SSSR count). The summed E-state index contributed by atoms with van der Waals surface area (Å²) < 4.78 is 1.64. The molecule has 0 aromatic carbocycles. The van der Waals surface area contributed by atoms with Crippen molar-refractivity contribution in [1.82, 2.24) is 20.0 Å². The summed E-state index contributed by atoms with van der Waals surface area (Å²) in [4.78, 5) is 36.4. The second kappa shape index (κ2) is 3.66. The molecule has 18 heavy (non-hydrogen) atoms. The van der Waals surface area contributed by atoms with Crippen LogP contribution in [0.3, 0.4) is 0 Å². The van der Waals surface area contributed by atoms with Crippen LogP contribution in [-0.2, 0) is 16.1 Å². The summed E-state index contributed by atoms with van der Waals surface area (Å²) in [6.45, 7) is 0.651. The molecule has 2 aliphatic rings. The molecule has 1 aliphatic carbocycles. The van der Waals surface area contributed by atoms with Crippen LogP contribution < -0.4 is 5.32 Å². The molecule has 0 unspecified atom stereocenters. The number of urea groups is 1. The fourth-order valence-corrected chi connectivity index (χ4v) is 2.14. The summed E-state index contributed by atoms with van der Waals surface area (Å²) in [6.07, 6.45) is 4.45. The molecule has 94 valence electrons. The molecule has 1 aromatic rings. The standard InChI is InChI=1S/C11H12N4O3/c16-8-11(2-3-11)9(17)15(10(18)13-8)7-6-14-5-1-4-12-14/h1,4-5H,2-3,6-7H2,(H,13,16,18). The zero-order chi connectivity index (χ0) is 12.8. The van der Waals surface area contributed by atoms with E-state index in [1.54, 1.807) is 23.1 Å². The molecule has 1 saturated heterocycles. The zero-order valence-electron chi connectivity index (χ0n) is 9.63. The lowest BCUT2D eigenvalue weighted by atomic mass is 10.0. The number of amides is 4. The van der Waals surface area contributed by atoms with Crippen molar-refractivity contribution in [2.45, 2.75) is 19.4 Å². The van der Waals surface area contributed by atoms with E-state index in [1.165, 1.54) is 0 Å². The summed E-state index contributed by atoms with van der Waals surface area (Å²) in [7, 11) is 0. The molecule has 0 atom stereocenters. The van der Waals surface area contributed by atoms with Gasteiger partial charge in [0.1, 0.15) is 5.41 Å². The maximum Gasteiger partial charge on any atom is 0.330 e. The Hall–Kier alpha value is -2.18. The van der Waals surface area contributed by atoms with E-state index in [-0.39, 0.29) is 12.5 Å². The normalized spacial score (nSPS) is 21.3. The Morgan fingerprint density at radius 2 is 2.06 bits per heavy atom. The predicted molar refractivity (Wildman–Crippen MR) is 59.1 cm³/mol. The number of aromatic nitrogens is 2. The molecule has 1 aliphatic heterocycles. The Morgan fingerprint density at radius 1 is 1.28 bits per heavy atom. The van der Waals surface area contributed by atoms with Crippen molar-refractivity contribution in [3.05, 3.63) is 18.5 Å². The molecule has 0 radical (unpaired) electrons. The van der Waals surface area contributed by atoms with Crippen molar-refractivity contribution in [3.63, 3.8) is 0 Å². The lowest BCUT2D eigenvalue weighted by molar-refractivity contribution is -0.144. The van der Waals surface area contributed by atoms with Crippen LogP contribution in [0.25, 0.3) is 0 Å². The number of nitrogens with one attached hydrogen (secondary N) is 1. The number of hydrogen-bond acceptors (Lipinski definition) is 4. The summed E-state index contributed by atoms with van der Waals surface area (Å²) >= 11 is 0. The zero-order valence-corrected chi connectivity index (χ0v) is 9.63. The van der Waals surface area contributed by atoms with E-state index in [0.29, 0.717) is 19.4 Å². The van der Waals surface area contributed by atoms with E-state index in [1.807, 2.05) is 0 Å². The van der Waals surface area contributed by atoms with Crippen LogP contribution in [0.5, 0.6) is 0 Å². The third-order valence-corrected chi connectivity index (χ3v) is 3.42. The number of hydrogen-bond donors (Lipinski definition) is 1. The molecule has 2 heterocycles. The quantitative estimate of drug-likeness (QED) is 0.747. The van der Waals surface area contributed by atoms with Gasteiger partial charge in [-0.1, -0.05) is 0 Å². The van der Waals surface area contributed by atoms with Gasteiger partial charge in [-0.3, -0.25) is 24.5 Å². The van der Waals surface area contributed by atoms with Gasteiger partial charge in [-0.15, -0.1) is 0 Å². The van der Waals surface area contributed by atoms with Gasteiger partial charge >= 0.3 is 6.03 Å². The van der Waals surface area contributed by atoms with E-state index in [9.17, 15) is 14.4 Å². The highest BCUT2D eigenvalue weighted by molar-refractivity contribution is 6.20. The Balaban J connectivity index is 1.73. The van der Waals surface area contributed by atoms with Crippen molar-refractivity contribution >= 4 is 17.8 Å². The number of rotatable bonds is 3. The number of barbiturate groups is 1. The summed E-state index contributed by atoms with van der Waals surface area (Å²) in [5.41, 5.74) is -0.960. The minimum Gasteiger partial charge on any atom is -0.277 e. The van der Waals surface area contributed by atoms with Crippen molar-refractivity contribution < 1.29 is 14.4 Å². The average Bonchev–Trinajstić information content (AvgIpc) is 2.99. The second-order valence-electron chi connectivity index (χ2n) is 4.57. The lowest BCUT2D eigenvalue weighted by Crippen LogP contribution is -2.59. The molecule has 2 fully saturated rings. The van der Waals surface area contributed by atoms with E-state index in [2.05, 4.69) is 10.4 Å². The monoisotopic (exact) mass is 248 g/mol. The van der Waals surface area contributed by atoms with Crippen LogP contribution in [0.1, 0.15) is 12.8 Å². The molecular weight excluding hydrogens is 236 g/mol. The van der Waals surface area contributed by atoms with Crippen LogP contribution in [0, 0.1) is 5.41 Å². The van der Waals surface area contributed by atoms with Crippen LogP contribution in [0.2, 0.25) is 0 Å². The number of carbonyl (C=O) groups is 3. The summed E-state index contributed by atoms with van der Waals surface area (Å²) in [5.74, 6) is -0.823. The first kappa shape index (κ1) is 10.9. The molecule has 7 nitrogen and oxygen atoms in total. The minimum atomic E-state index is -0.960. The van der Waals surface area contributed by atoms with Crippen LogP contribution in [-0.4, -0.2) is 39.1 Å². The SMILES string of the molecule is O=C1NC(=O)C2(CC2)C(=O)N1CCn1cccn1. The number of nitrogens with zero attached hydrogens (tertiary/aromatic N) is 3. The lowest BCUT2D eigenvalue weighted by Gasteiger charge is -2.30. The third-order valence-electron chi connectivity index (χ3n) is 3.42. The third kappa shape index (κ3) is 1.51. The number of carbonyl (C=O) groups excluding carboxylic acids is 3. The minimum absolute atomic E-state index is 0.224. The van der Waals surface area contributed by atoms with E-state index >= 15 is 0 Å². The molecule has 0 bridgehead atoms. The van der Waals surface area contributed by atoms with Crippen LogP contribution in [0.4, 0.5) is 4.79 Å². The average molecular weight is 248 g/mol. The highest BCUT2D eigenvalue weighted by Gasteiger charge is 2.62. The predicted octanol–water partition coefficient (Wildman–Crippen LogP) is -0.258. The molecule has 1 spiro atoms. The highest BCUT2D eigenvalue weighted by atomic mass is 16.2. The van der Waals surface area contributed by atoms with Gasteiger partial charge in [-0.05, 0) is 18.9 Å².